The van der Waals surface area contributed by atoms with E-state index < -0.39 is 10.0 Å². The minimum Gasteiger partial charge on any atom is -0.284 e. The first-order valence-electron chi connectivity index (χ1n) is 4.33. The molecule has 0 saturated heterocycles. The van der Waals surface area contributed by atoms with Gasteiger partial charge in [-0.2, -0.15) is 9.40 Å². The van der Waals surface area contributed by atoms with Crippen LogP contribution in [0.5, 0.6) is 0 Å². The number of nitrogens with one attached hydrogen (secondary N) is 1. The molecule has 15 heavy (non-hydrogen) atoms. The number of aromatic nitrogens is 2. The lowest BCUT2D eigenvalue weighted by atomic mass is 10.5. The van der Waals surface area contributed by atoms with Crippen LogP contribution in [0.25, 0.3) is 0 Å². The molecule has 6 heteroatoms. The molecule has 0 aliphatic rings. The molecule has 0 bridgehead atoms. The summed E-state index contributed by atoms with van der Waals surface area (Å²) >= 11 is 0. The van der Waals surface area contributed by atoms with Gasteiger partial charge in [0.2, 0.25) is 10.0 Å². The Hall–Kier alpha value is -1.40. The van der Waals surface area contributed by atoms with E-state index in [0.717, 1.165) is 0 Å². The third kappa shape index (κ3) is 2.54. The topological polar surface area (TPSA) is 66.1 Å². The molecule has 0 amide bonds. The Bertz CT molecular complexity index is 412. The fourth-order valence-electron chi connectivity index (χ4n) is 1.09. The van der Waals surface area contributed by atoms with Crippen LogP contribution in [0, 0.1) is 0 Å². The molecule has 0 aliphatic heterocycles. The largest absolute Gasteiger partial charge is 0.284 e. The zero-order chi connectivity index (χ0) is 11.3. The van der Waals surface area contributed by atoms with Gasteiger partial charge in [0.15, 0.2) is 0 Å². The van der Waals surface area contributed by atoms with Crippen LogP contribution in [0.3, 0.4) is 0 Å². The maximum absolute atomic E-state index is 11.9. The van der Waals surface area contributed by atoms with Crippen LogP contribution in [0.15, 0.2) is 42.6 Å². The molecule has 1 rings (SSSR count). The van der Waals surface area contributed by atoms with E-state index in [4.69, 9.17) is 0 Å². The maximum Gasteiger partial charge on any atom is 0.246 e. The van der Waals surface area contributed by atoms with Crippen LogP contribution in [0.4, 0.5) is 0 Å². The first kappa shape index (κ1) is 11.7. The van der Waals surface area contributed by atoms with E-state index in [2.05, 4.69) is 23.4 Å². The molecule has 0 aliphatic carbocycles. The molecular formula is C9H13N3O2S. The van der Waals surface area contributed by atoms with Crippen molar-refractivity contribution < 1.29 is 8.42 Å². The summed E-state index contributed by atoms with van der Waals surface area (Å²) in [5.41, 5.74) is 0. The lowest BCUT2D eigenvalue weighted by Gasteiger charge is -2.17. The molecular weight excluding hydrogens is 214 g/mol. The second-order valence-corrected chi connectivity index (χ2v) is 4.77. The standard InChI is InChI=1S/C9H13N3O2S/c1-3-5-12(6-4-2)15(13,14)9-7-10-11-8-9/h3-4,7-8H,1-2,5-6H2,(H,10,11). The lowest BCUT2D eigenvalue weighted by molar-refractivity contribution is 0.474. The Kier molecular flexibility index (Phi) is 3.81. The third-order valence-electron chi connectivity index (χ3n) is 1.78. The highest BCUT2D eigenvalue weighted by atomic mass is 32.2. The van der Waals surface area contributed by atoms with Gasteiger partial charge in [0.1, 0.15) is 4.90 Å². The minimum atomic E-state index is -3.48. The van der Waals surface area contributed by atoms with Crippen LogP contribution in [0.2, 0.25) is 0 Å². The van der Waals surface area contributed by atoms with Crippen molar-refractivity contribution in [3.63, 3.8) is 0 Å². The number of hydrogen-bond acceptors (Lipinski definition) is 3. The average molecular weight is 227 g/mol. The number of rotatable bonds is 6. The Morgan fingerprint density at radius 1 is 1.40 bits per heavy atom. The van der Waals surface area contributed by atoms with E-state index >= 15 is 0 Å². The van der Waals surface area contributed by atoms with Gasteiger partial charge in [-0.3, -0.25) is 5.10 Å². The van der Waals surface area contributed by atoms with Gasteiger partial charge in [-0.15, -0.1) is 13.2 Å². The number of H-pyrrole nitrogens is 1. The van der Waals surface area contributed by atoms with Crippen molar-refractivity contribution in [1.82, 2.24) is 14.5 Å². The van der Waals surface area contributed by atoms with Crippen molar-refractivity contribution in [2.24, 2.45) is 0 Å². The minimum absolute atomic E-state index is 0.145. The van der Waals surface area contributed by atoms with Crippen molar-refractivity contribution in [1.29, 1.82) is 0 Å². The second kappa shape index (κ2) is 4.90. The normalized spacial score (nSPS) is 11.5. The van der Waals surface area contributed by atoms with Gasteiger partial charge in [-0.25, -0.2) is 8.42 Å². The SMILES string of the molecule is C=CCN(CC=C)S(=O)(=O)c1cn[nH]c1. The van der Waals surface area contributed by atoms with Crippen molar-refractivity contribution in [3.8, 4) is 0 Å². The number of nitrogens with zero attached hydrogens (tertiary/aromatic N) is 2. The molecule has 1 N–H and O–H groups in total. The molecule has 5 nitrogen and oxygen atoms in total. The average Bonchev–Trinajstić information content (AvgIpc) is 2.70. The van der Waals surface area contributed by atoms with Gasteiger partial charge in [-0.05, 0) is 0 Å². The van der Waals surface area contributed by atoms with Crippen molar-refractivity contribution in [3.05, 3.63) is 37.7 Å². The van der Waals surface area contributed by atoms with Gasteiger partial charge in [0.05, 0.1) is 6.20 Å². The Morgan fingerprint density at radius 3 is 2.40 bits per heavy atom. The quantitative estimate of drug-likeness (QED) is 0.730. The molecule has 1 heterocycles. The summed E-state index contributed by atoms with van der Waals surface area (Å²) in [5, 5.41) is 6.08. The first-order chi connectivity index (χ1) is 7.12. The van der Waals surface area contributed by atoms with Crippen molar-refractivity contribution in [2.45, 2.75) is 4.90 Å². The number of hydrogen-bond donors (Lipinski definition) is 1. The molecule has 1 aromatic rings. The zero-order valence-electron chi connectivity index (χ0n) is 8.26. The summed E-state index contributed by atoms with van der Waals surface area (Å²) in [7, 11) is -3.48. The highest BCUT2D eigenvalue weighted by Gasteiger charge is 2.22. The van der Waals surface area contributed by atoms with Crippen molar-refractivity contribution in [2.75, 3.05) is 13.1 Å². The van der Waals surface area contributed by atoms with Crippen LogP contribution >= 0.6 is 0 Å². The summed E-state index contributed by atoms with van der Waals surface area (Å²) in [6.07, 6.45) is 5.67. The molecule has 0 atom stereocenters. The third-order valence-corrected chi connectivity index (χ3v) is 3.57. The Labute approximate surface area is 89.2 Å². The summed E-state index contributed by atoms with van der Waals surface area (Å²) < 4.78 is 25.1. The Morgan fingerprint density at radius 2 is 2.00 bits per heavy atom. The smallest absolute Gasteiger partial charge is 0.246 e. The van der Waals surface area contributed by atoms with E-state index in [0.29, 0.717) is 0 Å². The summed E-state index contributed by atoms with van der Waals surface area (Å²) in [4.78, 5) is 0.145. The first-order valence-corrected chi connectivity index (χ1v) is 5.77. The monoisotopic (exact) mass is 227 g/mol. The molecule has 0 saturated carbocycles. The fraction of sp³-hybridized carbons (Fsp3) is 0.222. The molecule has 0 aromatic carbocycles. The molecule has 0 radical (unpaired) electrons. The van der Waals surface area contributed by atoms with Gasteiger partial charge in [-0.1, -0.05) is 12.2 Å². The van der Waals surface area contributed by atoms with Gasteiger partial charge >= 0.3 is 0 Å². The number of sulfonamides is 1. The molecule has 0 unspecified atom stereocenters. The van der Waals surface area contributed by atoms with Crippen molar-refractivity contribution >= 4 is 10.0 Å². The van der Waals surface area contributed by atoms with Gasteiger partial charge in [0.25, 0.3) is 0 Å². The highest BCUT2D eigenvalue weighted by molar-refractivity contribution is 7.89. The van der Waals surface area contributed by atoms with Crippen LogP contribution < -0.4 is 0 Å². The van der Waals surface area contributed by atoms with E-state index in [1.165, 1.54) is 28.9 Å². The zero-order valence-corrected chi connectivity index (χ0v) is 9.07. The van der Waals surface area contributed by atoms with Gasteiger partial charge < -0.3 is 0 Å². The lowest BCUT2D eigenvalue weighted by Crippen LogP contribution is -2.31. The number of aromatic amines is 1. The summed E-state index contributed by atoms with van der Waals surface area (Å²) in [6, 6.07) is 0. The van der Waals surface area contributed by atoms with Crippen LogP contribution in [-0.2, 0) is 10.0 Å². The Balaban J connectivity index is 3.01. The van der Waals surface area contributed by atoms with E-state index in [1.807, 2.05) is 0 Å². The van der Waals surface area contributed by atoms with Crippen LogP contribution in [0.1, 0.15) is 0 Å². The second-order valence-electron chi connectivity index (χ2n) is 2.83. The predicted molar refractivity (Wildman–Crippen MR) is 57.7 cm³/mol. The molecule has 0 spiro atoms. The highest BCUT2D eigenvalue weighted by Crippen LogP contribution is 2.13. The molecule has 1 aromatic heterocycles. The molecule has 82 valence electrons. The van der Waals surface area contributed by atoms with Crippen LogP contribution in [-0.4, -0.2) is 36.0 Å². The van der Waals surface area contributed by atoms with E-state index in [9.17, 15) is 8.42 Å². The van der Waals surface area contributed by atoms with E-state index in [1.54, 1.807) is 0 Å². The van der Waals surface area contributed by atoms with Gasteiger partial charge in [0, 0.05) is 19.3 Å². The fourth-order valence-corrected chi connectivity index (χ4v) is 2.38. The summed E-state index contributed by atoms with van der Waals surface area (Å²) in [6.45, 7) is 7.53. The molecule has 0 fully saturated rings. The summed E-state index contributed by atoms with van der Waals surface area (Å²) in [5.74, 6) is 0. The maximum atomic E-state index is 11.9. The van der Waals surface area contributed by atoms with E-state index in [-0.39, 0.29) is 18.0 Å². The predicted octanol–water partition coefficient (Wildman–Crippen LogP) is 0.772.